The number of carbonyl (C=O) groups excluding carboxylic acids is 2. The van der Waals surface area contributed by atoms with Crippen LogP contribution in [0.1, 0.15) is 54.4 Å². The van der Waals surface area contributed by atoms with Gasteiger partial charge in [0.1, 0.15) is 0 Å². The van der Waals surface area contributed by atoms with Crippen LogP contribution in [0.3, 0.4) is 0 Å². The molecule has 0 unspecified atom stereocenters. The van der Waals surface area contributed by atoms with Crippen LogP contribution in [0, 0.1) is 5.92 Å². The standard InChI is InChI=1S/C19H26N2O4/c22-17(12-15-4-2-1-3-5-15)21-13-18(23)20-11-10-14-6-8-16(9-7-14)19(24)25/h6-9,15H,1-5,10-13H2,(H,20,23)(H,21,22)(H,24,25). The molecule has 6 heteroatoms. The monoisotopic (exact) mass is 346 g/mol. The highest BCUT2D eigenvalue weighted by Gasteiger charge is 2.17. The van der Waals surface area contributed by atoms with Crippen molar-refractivity contribution in [2.24, 2.45) is 5.92 Å². The number of carboxylic acid groups (broad SMARTS) is 1. The second kappa shape index (κ2) is 9.81. The third-order valence-electron chi connectivity index (χ3n) is 4.58. The van der Waals surface area contributed by atoms with E-state index in [0.717, 1.165) is 18.4 Å². The summed E-state index contributed by atoms with van der Waals surface area (Å²) in [6.45, 7) is 0.452. The minimum absolute atomic E-state index is 0.00348. The molecule has 1 fully saturated rings. The largest absolute Gasteiger partial charge is 0.478 e. The lowest BCUT2D eigenvalue weighted by Crippen LogP contribution is -2.38. The van der Waals surface area contributed by atoms with Crippen LogP contribution in [0.2, 0.25) is 0 Å². The molecule has 0 radical (unpaired) electrons. The number of amides is 2. The van der Waals surface area contributed by atoms with Gasteiger partial charge in [0.15, 0.2) is 0 Å². The van der Waals surface area contributed by atoms with Gasteiger partial charge in [-0.3, -0.25) is 9.59 Å². The molecule has 1 aromatic carbocycles. The average molecular weight is 346 g/mol. The molecule has 25 heavy (non-hydrogen) atoms. The zero-order chi connectivity index (χ0) is 18.1. The second-order valence-corrected chi connectivity index (χ2v) is 6.59. The highest BCUT2D eigenvalue weighted by atomic mass is 16.4. The predicted molar refractivity (Wildman–Crippen MR) is 94.3 cm³/mol. The fourth-order valence-electron chi connectivity index (χ4n) is 3.13. The van der Waals surface area contributed by atoms with Crippen LogP contribution in [0.4, 0.5) is 0 Å². The minimum Gasteiger partial charge on any atom is -0.478 e. The molecule has 1 aliphatic carbocycles. The normalized spacial score (nSPS) is 14.7. The van der Waals surface area contributed by atoms with Gasteiger partial charge in [0.25, 0.3) is 0 Å². The molecular weight excluding hydrogens is 320 g/mol. The molecule has 0 aliphatic heterocycles. The highest BCUT2D eigenvalue weighted by molar-refractivity contribution is 5.87. The first-order valence-electron chi connectivity index (χ1n) is 8.90. The van der Waals surface area contributed by atoms with Crippen LogP contribution in [-0.2, 0) is 16.0 Å². The number of benzene rings is 1. The fourth-order valence-corrected chi connectivity index (χ4v) is 3.13. The molecular formula is C19H26N2O4. The number of hydrogen-bond donors (Lipinski definition) is 3. The van der Waals surface area contributed by atoms with Crippen molar-refractivity contribution in [1.82, 2.24) is 10.6 Å². The first kappa shape index (κ1) is 19.0. The van der Waals surface area contributed by atoms with Gasteiger partial charge in [0.05, 0.1) is 12.1 Å². The Bertz CT molecular complexity index is 592. The number of hydrogen-bond acceptors (Lipinski definition) is 3. The average Bonchev–Trinajstić information content (AvgIpc) is 2.61. The summed E-state index contributed by atoms with van der Waals surface area (Å²) in [5, 5.41) is 14.3. The van der Waals surface area contributed by atoms with Gasteiger partial charge in [0.2, 0.25) is 11.8 Å². The van der Waals surface area contributed by atoms with E-state index >= 15 is 0 Å². The number of nitrogens with one attached hydrogen (secondary N) is 2. The number of carbonyl (C=O) groups is 3. The topological polar surface area (TPSA) is 95.5 Å². The predicted octanol–water partition coefficient (Wildman–Crippen LogP) is 2.13. The van der Waals surface area contributed by atoms with Gasteiger partial charge in [-0.1, -0.05) is 31.4 Å². The molecule has 0 heterocycles. The summed E-state index contributed by atoms with van der Waals surface area (Å²) in [5.74, 6) is -0.750. The van der Waals surface area contributed by atoms with E-state index in [4.69, 9.17) is 5.11 Å². The van der Waals surface area contributed by atoms with Crippen molar-refractivity contribution in [1.29, 1.82) is 0 Å². The molecule has 0 aromatic heterocycles. The van der Waals surface area contributed by atoms with Gasteiger partial charge in [-0.25, -0.2) is 4.79 Å². The Morgan fingerprint density at radius 3 is 2.28 bits per heavy atom. The maximum Gasteiger partial charge on any atom is 0.335 e. The van der Waals surface area contributed by atoms with Crippen molar-refractivity contribution in [2.45, 2.75) is 44.9 Å². The Hall–Kier alpha value is -2.37. The highest BCUT2D eigenvalue weighted by Crippen LogP contribution is 2.25. The van der Waals surface area contributed by atoms with Gasteiger partial charge in [-0.05, 0) is 42.9 Å². The van der Waals surface area contributed by atoms with Crippen molar-refractivity contribution < 1.29 is 19.5 Å². The summed E-state index contributed by atoms with van der Waals surface area (Å²) in [7, 11) is 0. The SMILES string of the molecule is O=C(CNC(=O)CC1CCCCC1)NCCc1ccc(C(=O)O)cc1. The lowest BCUT2D eigenvalue weighted by atomic mass is 9.87. The number of rotatable bonds is 8. The van der Waals surface area contributed by atoms with Crippen molar-refractivity contribution in [3.05, 3.63) is 35.4 Å². The van der Waals surface area contributed by atoms with Crippen molar-refractivity contribution in [3.8, 4) is 0 Å². The molecule has 0 spiro atoms. The molecule has 3 N–H and O–H groups in total. The van der Waals surface area contributed by atoms with Crippen LogP contribution in [0.25, 0.3) is 0 Å². The van der Waals surface area contributed by atoms with E-state index in [1.54, 1.807) is 24.3 Å². The first-order chi connectivity index (χ1) is 12.0. The van der Waals surface area contributed by atoms with Gasteiger partial charge < -0.3 is 15.7 Å². The molecule has 1 aromatic rings. The van der Waals surface area contributed by atoms with Crippen LogP contribution in [0.15, 0.2) is 24.3 Å². The lowest BCUT2D eigenvalue weighted by molar-refractivity contribution is -0.126. The molecule has 0 atom stereocenters. The molecule has 136 valence electrons. The van der Waals surface area contributed by atoms with Crippen LogP contribution in [0.5, 0.6) is 0 Å². The summed E-state index contributed by atoms with van der Waals surface area (Å²) in [6.07, 6.45) is 7.02. The van der Waals surface area contributed by atoms with E-state index in [2.05, 4.69) is 10.6 Å². The Balaban J connectivity index is 1.60. The quantitative estimate of drug-likeness (QED) is 0.672. The van der Waals surface area contributed by atoms with E-state index in [1.807, 2.05) is 0 Å². The second-order valence-electron chi connectivity index (χ2n) is 6.59. The zero-order valence-corrected chi connectivity index (χ0v) is 14.4. The molecule has 6 nitrogen and oxygen atoms in total. The molecule has 2 rings (SSSR count). The molecule has 2 amide bonds. The number of aromatic carboxylic acids is 1. The third kappa shape index (κ3) is 6.95. The summed E-state index contributed by atoms with van der Waals surface area (Å²) in [6, 6.07) is 6.57. The van der Waals surface area contributed by atoms with Crippen LogP contribution in [-0.4, -0.2) is 36.0 Å². The van der Waals surface area contributed by atoms with E-state index in [0.29, 0.717) is 25.3 Å². The summed E-state index contributed by atoms with van der Waals surface area (Å²) in [5.41, 5.74) is 1.19. The van der Waals surface area contributed by atoms with Crippen LogP contribution >= 0.6 is 0 Å². The van der Waals surface area contributed by atoms with Gasteiger partial charge >= 0.3 is 5.97 Å². The van der Waals surface area contributed by atoms with Crippen molar-refractivity contribution in [3.63, 3.8) is 0 Å². The number of carboxylic acids is 1. The Labute approximate surface area is 148 Å². The molecule has 1 aliphatic rings. The summed E-state index contributed by atoms with van der Waals surface area (Å²) < 4.78 is 0. The smallest absolute Gasteiger partial charge is 0.335 e. The molecule has 0 saturated heterocycles. The van der Waals surface area contributed by atoms with Gasteiger partial charge in [-0.2, -0.15) is 0 Å². The van der Waals surface area contributed by atoms with E-state index in [1.165, 1.54) is 19.3 Å². The Kier molecular flexibility index (Phi) is 7.44. The fraction of sp³-hybridized carbons (Fsp3) is 0.526. The van der Waals surface area contributed by atoms with E-state index in [9.17, 15) is 14.4 Å². The van der Waals surface area contributed by atoms with E-state index < -0.39 is 5.97 Å². The summed E-state index contributed by atoms with van der Waals surface area (Å²) >= 11 is 0. The third-order valence-corrected chi connectivity index (χ3v) is 4.58. The first-order valence-corrected chi connectivity index (χ1v) is 8.90. The maximum atomic E-state index is 11.9. The van der Waals surface area contributed by atoms with Crippen molar-refractivity contribution >= 4 is 17.8 Å². The van der Waals surface area contributed by atoms with Gasteiger partial charge in [0, 0.05) is 13.0 Å². The van der Waals surface area contributed by atoms with E-state index in [-0.39, 0.29) is 23.9 Å². The molecule has 1 saturated carbocycles. The van der Waals surface area contributed by atoms with Gasteiger partial charge in [-0.15, -0.1) is 0 Å². The minimum atomic E-state index is -0.955. The zero-order valence-electron chi connectivity index (χ0n) is 14.4. The molecule has 0 bridgehead atoms. The Morgan fingerprint density at radius 1 is 0.960 bits per heavy atom. The Morgan fingerprint density at radius 2 is 1.64 bits per heavy atom. The maximum absolute atomic E-state index is 11.9. The van der Waals surface area contributed by atoms with Crippen LogP contribution < -0.4 is 10.6 Å². The van der Waals surface area contributed by atoms with Crippen molar-refractivity contribution in [2.75, 3.05) is 13.1 Å². The summed E-state index contributed by atoms with van der Waals surface area (Å²) in [4.78, 5) is 34.4. The lowest BCUT2D eigenvalue weighted by Gasteiger charge is -2.20.